The lowest BCUT2D eigenvalue weighted by atomic mass is 9.87. The monoisotopic (exact) mass is 425 g/mol. The predicted molar refractivity (Wildman–Crippen MR) is 116 cm³/mol. The van der Waals surface area contributed by atoms with E-state index in [1.54, 1.807) is 12.1 Å². The highest BCUT2D eigenvalue weighted by Gasteiger charge is 2.26. The molecule has 0 bridgehead atoms. The van der Waals surface area contributed by atoms with Gasteiger partial charge in [-0.3, -0.25) is 14.7 Å². The molecule has 2 aromatic heterocycles. The molecule has 2 N–H and O–H groups in total. The topological polar surface area (TPSA) is 89.5 Å². The average molecular weight is 426 g/mol. The molecular formula is C23H29N4O4+. The standard InChI is InChI=1S/C23H28N4O4/c1-4-31-21-13-18-16(14-26(25-18)17-10-8-15(2)9-11-17)12-19(21)24-23(28)20-6-5-7-22(30-3)27(20)29/h5-7,12-15,17H,4,8-11H2,1-3H3,(H-,24,28,29)/p+1. The van der Waals surface area contributed by atoms with Gasteiger partial charge in [0.05, 0.1) is 41.8 Å². The van der Waals surface area contributed by atoms with Gasteiger partial charge in [0, 0.05) is 23.7 Å². The van der Waals surface area contributed by atoms with Crippen molar-refractivity contribution in [2.24, 2.45) is 5.92 Å². The number of aromatic nitrogens is 3. The predicted octanol–water partition coefficient (Wildman–Crippen LogP) is 3.97. The number of hydrogen-bond donors (Lipinski definition) is 2. The Morgan fingerprint density at radius 2 is 2.06 bits per heavy atom. The van der Waals surface area contributed by atoms with Gasteiger partial charge in [0.1, 0.15) is 5.75 Å². The largest absolute Gasteiger partial charge is 0.492 e. The van der Waals surface area contributed by atoms with Gasteiger partial charge in [-0.25, -0.2) is 0 Å². The first kappa shape index (κ1) is 21.0. The molecule has 3 aromatic rings. The van der Waals surface area contributed by atoms with Crippen LogP contribution in [0.1, 0.15) is 56.1 Å². The van der Waals surface area contributed by atoms with Gasteiger partial charge in [-0.2, -0.15) is 5.10 Å². The zero-order chi connectivity index (χ0) is 22.0. The van der Waals surface area contributed by atoms with E-state index >= 15 is 0 Å². The third-order valence-corrected chi connectivity index (χ3v) is 5.90. The summed E-state index contributed by atoms with van der Waals surface area (Å²) < 4.78 is 13.6. The molecule has 0 atom stereocenters. The minimum atomic E-state index is -0.477. The van der Waals surface area contributed by atoms with Crippen LogP contribution in [-0.4, -0.2) is 34.6 Å². The Balaban J connectivity index is 1.64. The number of benzene rings is 1. The Morgan fingerprint density at radius 1 is 1.29 bits per heavy atom. The van der Waals surface area contributed by atoms with Crippen molar-refractivity contribution in [2.45, 2.75) is 45.6 Å². The van der Waals surface area contributed by atoms with Gasteiger partial charge < -0.3 is 14.8 Å². The van der Waals surface area contributed by atoms with Crippen molar-refractivity contribution in [2.75, 3.05) is 19.0 Å². The summed E-state index contributed by atoms with van der Waals surface area (Å²) in [6.07, 6.45) is 6.73. The lowest BCUT2D eigenvalue weighted by molar-refractivity contribution is -0.907. The molecule has 1 aliphatic rings. The number of ether oxygens (including phenoxy) is 2. The van der Waals surface area contributed by atoms with Crippen molar-refractivity contribution < 1.29 is 24.2 Å². The highest BCUT2D eigenvalue weighted by atomic mass is 16.5. The van der Waals surface area contributed by atoms with Crippen LogP contribution in [0, 0.1) is 5.92 Å². The van der Waals surface area contributed by atoms with Gasteiger partial charge in [0.15, 0.2) is 0 Å². The lowest BCUT2D eigenvalue weighted by Crippen LogP contribution is -2.40. The Bertz CT molecular complexity index is 1090. The number of hydrogen-bond acceptors (Lipinski definition) is 5. The van der Waals surface area contributed by atoms with Crippen molar-refractivity contribution >= 4 is 22.5 Å². The lowest BCUT2D eigenvalue weighted by Gasteiger charge is -2.26. The first-order valence-electron chi connectivity index (χ1n) is 10.8. The second kappa shape index (κ2) is 8.83. The Morgan fingerprint density at radius 3 is 2.77 bits per heavy atom. The van der Waals surface area contributed by atoms with Crippen molar-refractivity contribution in [1.82, 2.24) is 9.78 Å². The molecule has 4 rings (SSSR count). The number of carbonyl (C=O) groups is 1. The van der Waals surface area contributed by atoms with Crippen LogP contribution < -0.4 is 19.5 Å². The molecule has 31 heavy (non-hydrogen) atoms. The van der Waals surface area contributed by atoms with Crippen molar-refractivity contribution in [3.63, 3.8) is 0 Å². The summed E-state index contributed by atoms with van der Waals surface area (Å²) in [6, 6.07) is 8.85. The van der Waals surface area contributed by atoms with Crippen LogP contribution in [0.25, 0.3) is 10.9 Å². The second-order valence-electron chi connectivity index (χ2n) is 8.08. The molecule has 8 nitrogen and oxygen atoms in total. The van der Waals surface area contributed by atoms with Crippen LogP contribution in [0.3, 0.4) is 0 Å². The molecule has 8 heteroatoms. The van der Waals surface area contributed by atoms with E-state index in [4.69, 9.17) is 14.6 Å². The zero-order valence-corrected chi connectivity index (χ0v) is 18.2. The van der Waals surface area contributed by atoms with E-state index in [1.165, 1.54) is 26.0 Å². The highest BCUT2D eigenvalue weighted by Crippen LogP contribution is 2.35. The summed E-state index contributed by atoms with van der Waals surface area (Å²) in [5.41, 5.74) is 1.41. The second-order valence-corrected chi connectivity index (χ2v) is 8.08. The number of nitrogens with one attached hydrogen (secondary N) is 1. The van der Waals surface area contributed by atoms with E-state index in [9.17, 15) is 10.0 Å². The summed E-state index contributed by atoms with van der Waals surface area (Å²) in [5.74, 6) is 1.00. The minimum Gasteiger partial charge on any atom is -0.492 e. The number of fused-ring (bicyclic) bond motifs is 1. The average Bonchev–Trinajstić information content (AvgIpc) is 3.17. The number of amides is 1. The number of anilines is 1. The molecule has 1 amide bonds. The van der Waals surface area contributed by atoms with Crippen molar-refractivity contribution in [3.8, 4) is 11.6 Å². The van der Waals surface area contributed by atoms with Crippen molar-refractivity contribution in [1.29, 1.82) is 0 Å². The molecule has 0 aliphatic heterocycles. The summed E-state index contributed by atoms with van der Waals surface area (Å²) in [5, 5.41) is 18.8. The SMILES string of the molecule is CCOc1cc2nn(C3CCC(C)CC3)cc2cc1NC(=O)c1cccc(OC)[n+]1O. The first-order valence-corrected chi connectivity index (χ1v) is 10.8. The van der Waals surface area contributed by atoms with Crippen LogP contribution in [0.2, 0.25) is 0 Å². The summed E-state index contributed by atoms with van der Waals surface area (Å²) in [4.78, 5) is 12.9. The quantitative estimate of drug-likeness (QED) is 0.461. The zero-order valence-electron chi connectivity index (χ0n) is 18.2. The first-order chi connectivity index (χ1) is 15.0. The van der Waals surface area contributed by atoms with Gasteiger partial charge in [0.2, 0.25) is 0 Å². The Labute approximate surface area is 181 Å². The molecule has 0 radical (unpaired) electrons. The van der Waals surface area contributed by atoms with E-state index < -0.39 is 5.91 Å². The van der Waals surface area contributed by atoms with Crippen LogP contribution in [0.4, 0.5) is 5.69 Å². The third-order valence-electron chi connectivity index (χ3n) is 5.90. The normalized spacial score (nSPS) is 18.7. The summed E-state index contributed by atoms with van der Waals surface area (Å²) >= 11 is 0. The minimum absolute atomic E-state index is 0.0499. The molecular weight excluding hydrogens is 396 g/mol. The number of carbonyl (C=O) groups excluding carboxylic acids is 1. The van der Waals surface area contributed by atoms with E-state index in [0.717, 1.165) is 34.4 Å². The number of methoxy groups -OCH3 is 1. The molecule has 1 fully saturated rings. The fraction of sp³-hybridized carbons (Fsp3) is 0.435. The van der Waals surface area contributed by atoms with Gasteiger partial charge >= 0.3 is 17.5 Å². The fourth-order valence-electron chi connectivity index (χ4n) is 4.13. The number of pyridine rings is 1. The van der Waals surface area contributed by atoms with E-state index in [2.05, 4.69) is 16.9 Å². The van der Waals surface area contributed by atoms with Gasteiger partial charge in [-0.05, 0) is 50.7 Å². The van der Waals surface area contributed by atoms with Gasteiger partial charge in [-0.1, -0.05) is 6.92 Å². The maximum absolute atomic E-state index is 12.9. The summed E-state index contributed by atoms with van der Waals surface area (Å²) in [6.45, 7) is 4.65. The van der Waals surface area contributed by atoms with Crippen LogP contribution in [0.5, 0.6) is 11.6 Å². The van der Waals surface area contributed by atoms with E-state index in [-0.39, 0.29) is 11.6 Å². The molecule has 2 heterocycles. The third kappa shape index (κ3) is 4.28. The Hall–Kier alpha value is -3.29. The molecule has 1 aromatic carbocycles. The van der Waals surface area contributed by atoms with Crippen LogP contribution in [-0.2, 0) is 0 Å². The highest BCUT2D eigenvalue weighted by molar-refractivity contribution is 6.04. The fourth-order valence-corrected chi connectivity index (χ4v) is 4.13. The number of nitrogens with zero attached hydrogens (tertiary/aromatic N) is 3. The molecule has 0 spiro atoms. The maximum Gasteiger partial charge on any atom is 0.417 e. The summed E-state index contributed by atoms with van der Waals surface area (Å²) in [7, 11) is 1.43. The molecule has 0 saturated heterocycles. The van der Waals surface area contributed by atoms with Gasteiger partial charge in [-0.15, -0.1) is 0 Å². The smallest absolute Gasteiger partial charge is 0.417 e. The van der Waals surface area contributed by atoms with Crippen LogP contribution >= 0.6 is 0 Å². The van der Waals surface area contributed by atoms with E-state index in [0.29, 0.717) is 24.1 Å². The van der Waals surface area contributed by atoms with Crippen LogP contribution in [0.15, 0.2) is 36.5 Å². The Kier molecular flexibility index (Phi) is 5.97. The molecule has 0 unspecified atom stereocenters. The molecule has 164 valence electrons. The van der Waals surface area contributed by atoms with E-state index in [1.807, 2.05) is 25.3 Å². The molecule has 1 saturated carbocycles. The number of rotatable bonds is 6. The molecule has 1 aliphatic carbocycles. The maximum atomic E-state index is 12.9. The van der Waals surface area contributed by atoms with Crippen molar-refractivity contribution in [3.05, 3.63) is 42.2 Å². The van der Waals surface area contributed by atoms with Gasteiger partial charge in [0.25, 0.3) is 0 Å².